The summed E-state index contributed by atoms with van der Waals surface area (Å²) < 4.78 is 20.8. The van der Waals surface area contributed by atoms with Crippen LogP contribution in [0.15, 0.2) is 53.6 Å². The van der Waals surface area contributed by atoms with E-state index in [-0.39, 0.29) is 0 Å². The van der Waals surface area contributed by atoms with Gasteiger partial charge in [-0.2, -0.15) is 5.10 Å². The second-order valence-corrected chi connectivity index (χ2v) is 4.81. The third kappa shape index (κ3) is 6.42. The predicted molar refractivity (Wildman–Crippen MR) is 93.6 cm³/mol. The molecule has 2 aromatic rings. The fraction of sp³-hybridized carbons (Fsp3) is 0.222. The molecular formula is C18H20N2O5. The van der Waals surface area contributed by atoms with Crippen LogP contribution in [0.5, 0.6) is 17.2 Å². The Bertz CT molecular complexity index is 718. The van der Waals surface area contributed by atoms with Gasteiger partial charge in [0.2, 0.25) is 0 Å². The third-order valence-electron chi connectivity index (χ3n) is 3.07. The average Bonchev–Trinajstić information content (AvgIpc) is 2.65. The number of benzene rings is 2. The van der Waals surface area contributed by atoms with Crippen LogP contribution in [0.3, 0.4) is 0 Å². The molecule has 2 aromatic carbocycles. The molecule has 25 heavy (non-hydrogen) atoms. The first kappa shape index (κ1) is 18.1. The summed E-state index contributed by atoms with van der Waals surface area (Å²) in [7, 11) is 2.88. The van der Waals surface area contributed by atoms with Crippen LogP contribution in [0.2, 0.25) is 0 Å². The number of rotatable bonds is 8. The van der Waals surface area contributed by atoms with E-state index in [9.17, 15) is 4.79 Å². The molecule has 0 unspecified atom stereocenters. The summed E-state index contributed by atoms with van der Waals surface area (Å²) in [5.74, 6) is 2.14. The standard InChI is InChI=1S/C18H20N2O5/c1-22-15-6-4-8-17(12-15)25-10-9-24-16-7-3-5-14(11-16)13-19-20-18(21)23-2/h3-8,11-13H,9-10H2,1-2H3,(H,20,21). The predicted octanol–water partition coefficient (Wildman–Crippen LogP) is 2.84. The minimum atomic E-state index is -0.627. The van der Waals surface area contributed by atoms with Gasteiger partial charge in [-0.15, -0.1) is 0 Å². The molecule has 0 aliphatic heterocycles. The van der Waals surface area contributed by atoms with Gasteiger partial charge < -0.3 is 18.9 Å². The molecule has 1 amide bonds. The topological polar surface area (TPSA) is 78.4 Å². The number of hydrogen-bond donors (Lipinski definition) is 1. The number of amides is 1. The van der Waals surface area contributed by atoms with Crippen LogP contribution in [0.4, 0.5) is 4.79 Å². The highest BCUT2D eigenvalue weighted by Gasteiger charge is 1.99. The lowest BCUT2D eigenvalue weighted by Crippen LogP contribution is -2.16. The molecule has 1 N–H and O–H groups in total. The largest absolute Gasteiger partial charge is 0.497 e. The Hall–Kier alpha value is -3.22. The Morgan fingerprint density at radius 1 is 1.00 bits per heavy atom. The Labute approximate surface area is 146 Å². The molecule has 0 aromatic heterocycles. The summed E-state index contributed by atoms with van der Waals surface area (Å²) >= 11 is 0. The maximum absolute atomic E-state index is 10.9. The molecule has 0 fully saturated rings. The van der Waals surface area contributed by atoms with Crippen LogP contribution in [0.1, 0.15) is 5.56 Å². The second kappa shape index (κ2) is 9.82. The van der Waals surface area contributed by atoms with E-state index in [0.717, 1.165) is 17.1 Å². The highest BCUT2D eigenvalue weighted by atomic mass is 16.5. The van der Waals surface area contributed by atoms with Crippen molar-refractivity contribution in [3.05, 3.63) is 54.1 Å². The molecule has 0 bridgehead atoms. The van der Waals surface area contributed by atoms with E-state index < -0.39 is 6.09 Å². The van der Waals surface area contributed by atoms with Gasteiger partial charge in [-0.1, -0.05) is 18.2 Å². The van der Waals surface area contributed by atoms with Crippen molar-refractivity contribution < 1.29 is 23.7 Å². The zero-order valence-electron chi connectivity index (χ0n) is 14.1. The number of ether oxygens (including phenoxy) is 4. The summed E-state index contributed by atoms with van der Waals surface area (Å²) in [6.07, 6.45) is 0.870. The highest BCUT2D eigenvalue weighted by Crippen LogP contribution is 2.19. The summed E-state index contributed by atoms with van der Waals surface area (Å²) in [4.78, 5) is 10.9. The number of nitrogens with zero attached hydrogens (tertiary/aromatic N) is 1. The molecule has 0 heterocycles. The molecule has 0 spiro atoms. The molecule has 0 aliphatic carbocycles. The SMILES string of the molecule is COC(=O)NN=Cc1cccc(OCCOc2cccc(OC)c2)c1. The minimum Gasteiger partial charge on any atom is -0.497 e. The average molecular weight is 344 g/mol. The zero-order chi connectivity index (χ0) is 17.9. The van der Waals surface area contributed by atoms with Crippen molar-refractivity contribution in [2.75, 3.05) is 27.4 Å². The minimum absolute atomic E-state index is 0.387. The molecule has 7 heteroatoms. The molecule has 7 nitrogen and oxygen atoms in total. The van der Waals surface area contributed by atoms with Gasteiger partial charge in [0.15, 0.2) is 0 Å². The van der Waals surface area contributed by atoms with Crippen LogP contribution >= 0.6 is 0 Å². The first-order valence-corrected chi connectivity index (χ1v) is 7.58. The van der Waals surface area contributed by atoms with Crippen molar-refractivity contribution in [2.24, 2.45) is 5.10 Å². The summed E-state index contributed by atoms with van der Waals surface area (Å²) in [6, 6.07) is 14.7. The molecule has 2 rings (SSSR count). The molecule has 0 aliphatic rings. The van der Waals surface area contributed by atoms with E-state index in [1.54, 1.807) is 13.2 Å². The zero-order valence-corrected chi connectivity index (χ0v) is 14.1. The van der Waals surface area contributed by atoms with E-state index in [1.165, 1.54) is 13.3 Å². The van der Waals surface area contributed by atoms with Gasteiger partial charge in [-0.25, -0.2) is 10.2 Å². The number of nitrogens with one attached hydrogen (secondary N) is 1. The normalized spacial score (nSPS) is 10.3. The van der Waals surface area contributed by atoms with E-state index in [1.807, 2.05) is 42.5 Å². The Balaban J connectivity index is 1.78. The summed E-state index contributed by atoms with van der Waals surface area (Å²) in [5.41, 5.74) is 3.00. The van der Waals surface area contributed by atoms with Crippen LogP contribution in [0.25, 0.3) is 0 Å². The van der Waals surface area contributed by atoms with E-state index >= 15 is 0 Å². The molecular weight excluding hydrogens is 324 g/mol. The number of hydrazone groups is 1. The number of methoxy groups -OCH3 is 2. The fourth-order valence-electron chi connectivity index (χ4n) is 1.90. The number of carbonyl (C=O) groups is 1. The van der Waals surface area contributed by atoms with E-state index in [4.69, 9.17) is 14.2 Å². The van der Waals surface area contributed by atoms with Crippen LogP contribution < -0.4 is 19.6 Å². The lowest BCUT2D eigenvalue weighted by atomic mass is 10.2. The molecule has 0 saturated carbocycles. The van der Waals surface area contributed by atoms with Crippen LogP contribution in [0, 0.1) is 0 Å². The van der Waals surface area contributed by atoms with Gasteiger partial charge in [-0.05, 0) is 29.8 Å². The number of carbonyl (C=O) groups excluding carboxylic acids is 1. The third-order valence-corrected chi connectivity index (χ3v) is 3.07. The van der Waals surface area contributed by atoms with Crippen molar-refractivity contribution in [3.8, 4) is 17.2 Å². The maximum Gasteiger partial charge on any atom is 0.427 e. The lowest BCUT2D eigenvalue weighted by Gasteiger charge is -2.09. The maximum atomic E-state index is 10.9. The summed E-state index contributed by atoms with van der Waals surface area (Å²) in [6.45, 7) is 0.785. The summed E-state index contributed by atoms with van der Waals surface area (Å²) in [5, 5.41) is 3.76. The molecule has 0 radical (unpaired) electrons. The van der Waals surface area contributed by atoms with Crippen molar-refractivity contribution >= 4 is 12.3 Å². The van der Waals surface area contributed by atoms with Gasteiger partial charge in [0.25, 0.3) is 0 Å². The van der Waals surface area contributed by atoms with Gasteiger partial charge in [-0.3, -0.25) is 0 Å². The highest BCUT2D eigenvalue weighted by molar-refractivity contribution is 5.81. The molecule has 0 saturated heterocycles. The van der Waals surface area contributed by atoms with Crippen LogP contribution in [-0.2, 0) is 4.74 Å². The van der Waals surface area contributed by atoms with Crippen molar-refractivity contribution in [3.63, 3.8) is 0 Å². The van der Waals surface area contributed by atoms with E-state index in [2.05, 4.69) is 15.3 Å². The molecule has 0 atom stereocenters. The Kier molecular flexibility index (Phi) is 7.12. The van der Waals surface area contributed by atoms with Gasteiger partial charge in [0.1, 0.15) is 30.5 Å². The molecule has 132 valence electrons. The van der Waals surface area contributed by atoms with Crippen molar-refractivity contribution in [1.29, 1.82) is 0 Å². The first-order chi connectivity index (χ1) is 12.2. The Morgan fingerprint density at radius 2 is 1.64 bits per heavy atom. The fourth-order valence-corrected chi connectivity index (χ4v) is 1.90. The van der Waals surface area contributed by atoms with Gasteiger partial charge >= 0.3 is 6.09 Å². The second-order valence-electron chi connectivity index (χ2n) is 4.81. The van der Waals surface area contributed by atoms with Crippen molar-refractivity contribution in [1.82, 2.24) is 5.43 Å². The quantitative estimate of drug-likeness (QED) is 0.453. The Morgan fingerprint density at radius 3 is 2.32 bits per heavy atom. The monoisotopic (exact) mass is 344 g/mol. The smallest absolute Gasteiger partial charge is 0.427 e. The first-order valence-electron chi connectivity index (χ1n) is 7.58. The van der Waals surface area contributed by atoms with Gasteiger partial charge in [0, 0.05) is 6.07 Å². The number of hydrogen-bond acceptors (Lipinski definition) is 6. The van der Waals surface area contributed by atoms with Crippen molar-refractivity contribution in [2.45, 2.75) is 0 Å². The van der Waals surface area contributed by atoms with Crippen LogP contribution in [-0.4, -0.2) is 39.7 Å². The lowest BCUT2D eigenvalue weighted by molar-refractivity contribution is 0.171. The van der Waals surface area contributed by atoms with Gasteiger partial charge in [0.05, 0.1) is 20.4 Å². The van der Waals surface area contributed by atoms with E-state index in [0.29, 0.717) is 19.0 Å².